The van der Waals surface area contributed by atoms with E-state index < -0.39 is 10.8 Å². The van der Waals surface area contributed by atoms with Crippen LogP contribution in [0, 0.1) is 10.8 Å². The molecule has 4 rings (SSSR count). The van der Waals surface area contributed by atoms with Crippen molar-refractivity contribution in [3.05, 3.63) is 109 Å². The van der Waals surface area contributed by atoms with Gasteiger partial charge < -0.3 is 9.47 Å². The monoisotopic (exact) mass is 506 g/mol. The molecule has 0 saturated carbocycles. The number of carbonyl (C=O) groups excluding carboxylic acids is 2. The first kappa shape index (κ1) is 26.9. The van der Waals surface area contributed by atoms with Gasteiger partial charge >= 0.3 is 11.9 Å². The number of benzene rings is 4. The molecule has 0 radical (unpaired) electrons. The molecule has 0 unspecified atom stereocenters. The van der Waals surface area contributed by atoms with Crippen LogP contribution < -0.4 is 9.47 Å². The molecule has 4 nitrogen and oxygen atoms in total. The third kappa shape index (κ3) is 7.19. The SMILES string of the molecule is CC(C)(CC(=O)Oc1ccc(-c2ccccc2)cc1)CC(C)(C)C(=O)Oc1ccc(-c2ccccc2)cc1. The van der Waals surface area contributed by atoms with Crippen LogP contribution in [0.4, 0.5) is 0 Å². The van der Waals surface area contributed by atoms with Gasteiger partial charge in [0.2, 0.25) is 0 Å². The van der Waals surface area contributed by atoms with Crippen molar-refractivity contribution in [2.24, 2.45) is 10.8 Å². The van der Waals surface area contributed by atoms with Crippen LogP contribution in [0.5, 0.6) is 11.5 Å². The fraction of sp³-hybridized carbons (Fsp3) is 0.235. The molecule has 0 aliphatic rings. The Morgan fingerprint density at radius 2 is 0.947 bits per heavy atom. The second kappa shape index (κ2) is 11.5. The Bertz CT molecular complexity index is 1350. The molecule has 4 aromatic rings. The summed E-state index contributed by atoms with van der Waals surface area (Å²) in [6.45, 7) is 7.64. The molecular weight excluding hydrogens is 472 g/mol. The van der Waals surface area contributed by atoms with Gasteiger partial charge in [-0.2, -0.15) is 0 Å². The highest BCUT2D eigenvalue weighted by Gasteiger charge is 2.37. The highest BCUT2D eigenvalue weighted by atomic mass is 16.5. The molecule has 38 heavy (non-hydrogen) atoms. The lowest BCUT2D eigenvalue weighted by atomic mass is 9.73. The summed E-state index contributed by atoms with van der Waals surface area (Å²) in [6.07, 6.45) is 0.638. The Kier molecular flexibility index (Phi) is 8.11. The van der Waals surface area contributed by atoms with Gasteiger partial charge in [0.15, 0.2) is 0 Å². The predicted octanol–water partition coefficient (Wildman–Crippen LogP) is 8.36. The zero-order valence-corrected chi connectivity index (χ0v) is 22.4. The maximum Gasteiger partial charge on any atom is 0.316 e. The molecule has 0 aliphatic heterocycles. The molecule has 0 fully saturated rings. The largest absolute Gasteiger partial charge is 0.427 e. The lowest BCUT2D eigenvalue weighted by Crippen LogP contribution is -2.35. The number of carbonyl (C=O) groups is 2. The van der Waals surface area contributed by atoms with Crippen LogP contribution in [0.15, 0.2) is 109 Å². The van der Waals surface area contributed by atoms with E-state index in [0.29, 0.717) is 17.9 Å². The van der Waals surface area contributed by atoms with Crippen molar-refractivity contribution in [1.29, 1.82) is 0 Å². The van der Waals surface area contributed by atoms with Crippen molar-refractivity contribution in [1.82, 2.24) is 0 Å². The maximum absolute atomic E-state index is 13.1. The molecule has 4 aromatic carbocycles. The van der Waals surface area contributed by atoms with Gasteiger partial charge in [-0.25, -0.2) is 0 Å². The second-order valence-electron chi connectivity index (χ2n) is 11.0. The first-order valence-corrected chi connectivity index (χ1v) is 12.9. The van der Waals surface area contributed by atoms with Gasteiger partial charge in [-0.15, -0.1) is 0 Å². The van der Waals surface area contributed by atoms with Crippen LogP contribution >= 0.6 is 0 Å². The third-order valence-electron chi connectivity index (χ3n) is 6.46. The molecule has 0 spiro atoms. The number of hydrogen-bond donors (Lipinski definition) is 0. The molecule has 194 valence electrons. The summed E-state index contributed by atoms with van der Waals surface area (Å²) in [5.41, 5.74) is 3.05. The van der Waals surface area contributed by atoms with Crippen molar-refractivity contribution in [3.8, 4) is 33.8 Å². The Morgan fingerprint density at radius 3 is 1.39 bits per heavy atom. The number of esters is 2. The maximum atomic E-state index is 13.1. The minimum atomic E-state index is -0.792. The normalized spacial score (nSPS) is 11.6. The molecule has 0 amide bonds. The zero-order chi connectivity index (χ0) is 27.2. The summed E-state index contributed by atoms with van der Waals surface area (Å²) in [6, 6.07) is 35.1. The summed E-state index contributed by atoms with van der Waals surface area (Å²) >= 11 is 0. The molecule has 4 heteroatoms. The van der Waals surface area contributed by atoms with Gasteiger partial charge in [0.05, 0.1) is 11.8 Å². The van der Waals surface area contributed by atoms with E-state index in [9.17, 15) is 9.59 Å². The van der Waals surface area contributed by atoms with E-state index in [1.165, 1.54) is 0 Å². The van der Waals surface area contributed by atoms with Crippen LogP contribution in [-0.2, 0) is 9.59 Å². The van der Waals surface area contributed by atoms with Crippen molar-refractivity contribution in [2.45, 2.75) is 40.5 Å². The van der Waals surface area contributed by atoms with E-state index in [-0.39, 0.29) is 18.4 Å². The molecule has 0 bridgehead atoms. The van der Waals surface area contributed by atoms with Crippen LogP contribution in [0.1, 0.15) is 40.5 Å². The molecule has 0 aromatic heterocycles. The first-order chi connectivity index (χ1) is 18.1. The van der Waals surface area contributed by atoms with E-state index in [4.69, 9.17) is 9.47 Å². The number of ether oxygens (including phenoxy) is 2. The highest BCUT2D eigenvalue weighted by Crippen LogP contribution is 2.38. The fourth-order valence-electron chi connectivity index (χ4n) is 4.83. The number of rotatable bonds is 9. The molecule has 0 heterocycles. The predicted molar refractivity (Wildman–Crippen MR) is 152 cm³/mol. The van der Waals surface area contributed by atoms with Crippen molar-refractivity contribution >= 4 is 11.9 Å². The summed E-state index contributed by atoms with van der Waals surface area (Å²) in [5, 5.41) is 0. The van der Waals surface area contributed by atoms with Crippen LogP contribution in [-0.4, -0.2) is 11.9 Å². The second-order valence-corrected chi connectivity index (χ2v) is 11.0. The van der Waals surface area contributed by atoms with Crippen molar-refractivity contribution in [3.63, 3.8) is 0 Å². The van der Waals surface area contributed by atoms with Gasteiger partial charge in [-0.05, 0) is 72.2 Å². The molecule has 0 aliphatic carbocycles. The average Bonchev–Trinajstić information content (AvgIpc) is 2.89. The molecular formula is C34H34O4. The smallest absolute Gasteiger partial charge is 0.316 e. The first-order valence-electron chi connectivity index (χ1n) is 12.9. The van der Waals surface area contributed by atoms with Crippen molar-refractivity contribution < 1.29 is 19.1 Å². The van der Waals surface area contributed by atoms with Crippen LogP contribution in [0.25, 0.3) is 22.3 Å². The number of hydrogen-bond acceptors (Lipinski definition) is 4. The van der Waals surface area contributed by atoms with Gasteiger partial charge in [0, 0.05) is 0 Å². The van der Waals surface area contributed by atoms with E-state index in [1.54, 1.807) is 12.1 Å². The van der Waals surface area contributed by atoms with Crippen molar-refractivity contribution in [2.75, 3.05) is 0 Å². The van der Waals surface area contributed by atoms with Crippen LogP contribution in [0.3, 0.4) is 0 Å². The standard InChI is InChI=1S/C34H34O4/c1-33(2,23-31(35)37-29-19-15-27(16-20-29)25-11-7-5-8-12-25)24-34(3,4)32(36)38-30-21-17-28(18-22-30)26-13-9-6-10-14-26/h5-22H,23-24H2,1-4H3. The molecule has 0 atom stereocenters. The summed E-state index contributed by atoms with van der Waals surface area (Å²) in [7, 11) is 0. The Labute approximate surface area is 225 Å². The third-order valence-corrected chi connectivity index (χ3v) is 6.46. The lowest BCUT2D eigenvalue weighted by molar-refractivity contribution is -0.147. The molecule has 0 saturated heterocycles. The summed E-state index contributed by atoms with van der Waals surface area (Å²) < 4.78 is 11.3. The quantitative estimate of drug-likeness (QED) is 0.169. The van der Waals surface area contributed by atoms with E-state index in [1.807, 2.05) is 125 Å². The van der Waals surface area contributed by atoms with E-state index >= 15 is 0 Å². The Balaban J connectivity index is 1.31. The van der Waals surface area contributed by atoms with Gasteiger partial charge in [-0.3, -0.25) is 9.59 Å². The van der Waals surface area contributed by atoms with Gasteiger partial charge in [-0.1, -0.05) is 98.8 Å². The topological polar surface area (TPSA) is 52.6 Å². The minimum Gasteiger partial charge on any atom is -0.427 e. The highest BCUT2D eigenvalue weighted by molar-refractivity contribution is 5.79. The summed E-state index contributed by atoms with van der Waals surface area (Å²) in [4.78, 5) is 25.8. The average molecular weight is 507 g/mol. The lowest BCUT2D eigenvalue weighted by Gasteiger charge is -2.32. The minimum absolute atomic E-state index is 0.177. The molecule has 0 N–H and O–H groups in total. The Morgan fingerprint density at radius 1 is 0.553 bits per heavy atom. The summed E-state index contributed by atoms with van der Waals surface area (Å²) in [5.74, 6) is 0.341. The van der Waals surface area contributed by atoms with E-state index in [2.05, 4.69) is 0 Å². The zero-order valence-electron chi connectivity index (χ0n) is 22.4. The van der Waals surface area contributed by atoms with Crippen LogP contribution in [0.2, 0.25) is 0 Å². The van der Waals surface area contributed by atoms with Gasteiger partial charge in [0.25, 0.3) is 0 Å². The Hall–Kier alpha value is -4.18. The van der Waals surface area contributed by atoms with Gasteiger partial charge in [0.1, 0.15) is 11.5 Å². The van der Waals surface area contributed by atoms with E-state index in [0.717, 1.165) is 22.3 Å². The fourth-order valence-corrected chi connectivity index (χ4v) is 4.83.